The molecule has 1 aromatic heterocycles. The average Bonchev–Trinajstić information content (AvgIpc) is 3.09. The normalized spacial score (nSPS) is 24.8. The van der Waals surface area contributed by atoms with Crippen molar-refractivity contribution in [2.75, 3.05) is 13.1 Å². The first-order valence-electron chi connectivity index (χ1n) is 7.05. The van der Waals surface area contributed by atoms with Crippen molar-refractivity contribution in [3.05, 3.63) is 11.7 Å². The van der Waals surface area contributed by atoms with E-state index >= 15 is 0 Å². The van der Waals surface area contributed by atoms with Crippen LogP contribution >= 0.6 is 0 Å². The zero-order chi connectivity index (χ0) is 13.2. The fraction of sp³-hybridized carbons (Fsp3) is 0.769. The van der Waals surface area contributed by atoms with E-state index in [2.05, 4.69) is 10.1 Å². The molecule has 1 unspecified atom stereocenters. The van der Waals surface area contributed by atoms with Crippen LogP contribution in [0.25, 0.3) is 0 Å². The van der Waals surface area contributed by atoms with Crippen LogP contribution in [0.3, 0.4) is 0 Å². The molecule has 0 radical (unpaired) electrons. The summed E-state index contributed by atoms with van der Waals surface area (Å²) >= 11 is 0. The van der Waals surface area contributed by atoms with Gasteiger partial charge < -0.3 is 14.5 Å². The van der Waals surface area contributed by atoms with Gasteiger partial charge in [-0.1, -0.05) is 18.0 Å². The maximum atomic E-state index is 11.0. The second-order valence-corrected chi connectivity index (χ2v) is 5.54. The quantitative estimate of drug-likeness (QED) is 0.889. The molecule has 1 N–H and O–H groups in total. The summed E-state index contributed by atoms with van der Waals surface area (Å²) in [4.78, 5) is 17.0. The second-order valence-electron chi connectivity index (χ2n) is 5.54. The van der Waals surface area contributed by atoms with E-state index in [0.29, 0.717) is 24.8 Å². The first-order valence-corrected chi connectivity index (χ1v) is 7.05. The van der Waals surface area contributed by atoms with Gasteiger partial charge in [-0.15, -0.1) is 0 Å². The Morgan fingerprint density at radius 2 is 1.95 bits per heavy atom. The third-order valence-electron chi connectivity index (χ3n) is 4.22. The Labute approximate surface area is 111 Å². The summed E-state index contributed by atoms with van der Waals surface area (Å²) in [6, 6.07) is 0. The zero-order valence-corrected chi connectivity index (χ0v) is 10.9. The summed E-state index contributed by atoms with van der Waals surface area (Å²) in [6.45, 7) is 1.10. The molecular formula is C13H19N3O3. The van der Waals surface area contributed by atoms with Gasteiger partial charge in [-0.3, -0.25) is 0 Å². The molecule has 0 aromatic carbocycles. The Kier molecular flexibility index (Phi) is 3.40. The lowest BCUT2D eigenvalue weighted by Gasteiger charge is -2.28. The molecule has 2 fully saturated rings. The maximum absolute atomic E-state index is 11.0. The average molecular weight is 265 g/mol. The Hall–Kier alpha value is -1.59. The van der Waals surface area contributed by atoms with Crippen LogP contribution < -0.4 is 0 Å². The molecule has 6 heteroatoms. The smallest absolute Gasteiger partial charge is 0.407 e. The summed E-state index contributed by atoms with van der Waals surface area (Å²) in [6.07, 6.45) is 5.68. The van der Waals surface area contributed by atoms with Gasteiger partial charge in [0.2, 0.25) is 5.89 Å². The molecule has 1 saturated carbocycles. The van der Waals surface area contributed by atoms with Gasteiger partial charge in [0.25, 0.3) is 0 Å². The summed E-state index contributed by atoms with van der Waals surface area (Å²) in [5, 5.41) is 13.1. The molecule has 1 saturated heterocycles. The highest BCUT2D eigenvalue weighted by Crippen LogP contribution is 2.34. The Balaban J connectivity index is 1.69. The van der Waals surface area contributed by atoms with Crippen LogP contribution in [-0.2, 0) is 0 Å². The zero-order valence-electron chi connectivity index (χ0n) is 10.9. The summed E-state index contributed by atoms with van der Waals surface area (Å²) in [5.41, 5.74) is 0. The van der Waals surface area contributed by atoms with Crippen molar-refractivity contribution in [1.82, 2.24) is 15.0 Å². The number of carbonyl (C=O) groups is 1. The number of likely N-dealkylation sites (tertiary alicyclic amines) is 1. The third kappa shape index (κ3) is 2.57. The van der Waals surface area contributed by atoms with Gasteiger partial charge in [0.05, 0.1) is 0 Å². The van der Waals surface area contributed by atoms with Crippen molar-refractivity contribution in [3.63, 3.8) is 0 Å². The number of rotatable bonds is 2. The van der Waals surface area contributed by atoms with Crippen LogP contribution in [0.2, 0.25) is 0 Å². The molecule has 2 aliphatic rings. The van der Waals surface area contributed by atoms with Crippen molar-refractivity contribution in [2.24, 2.45) is 0 Å². The van der Waals surface area contributed by atoms with Crippen LogP contribution in [0, 0.1) is 0 Å². The third-order valence-corrected chi connectivity index (χ3v) is 4.22. The molecule has 0 bridgehead atoms. The number of carboxylic acid groups (broad SMARTS) is 1. The minimum atomic E-state index is -0.857. The van der Waals surface area contributed by atoms with E-state index in [1.54, 1.807) is 0 Å². The van der Waals surface area contributed by atoms with E-state index in [9.17, 15) is 4.79 Å². The highest BCUT2D eigenvalue weighted by Gasteiger charge is 2.29. The van der Waals surface area contributed by atoms with Gasteiger partial charge in [-0.25, -0.2) is 4.79 Å². The van der Waals surface area contributed by atoms with Crippen molar-refractivity contribution in [3.8, 4) is 0 Å². The van der Waals surface area contributed by atoms with Gasteiger partial charge in [0, 0.05) is 24.9 Å². The largest absolute Gasteiger partial charge is 0.465 e. The SMILES string of the molecule is O=C(O)N1CCCC(c2noc(C3CCCC3)n2)C1. The molecule has 6 nitrogen and oxygen atoms in total. The van der Waals surface area contributed by atoms with E-state index < -0.39 is 6.09 Å². The first-order chi connectivity index (χ1) is 9.24. The number of hydrogen-bond donors (Lipinski definition) is 1. The van der Waals surface area contributed by atoms with Crippen LogP contribution in [0.5, 0.6) is 0 Å². The Bertz CT molecular complexity index is 454. The van der Waals surface area contributed by atoms with E-state index in [0.717, 1.165) is 31.6 Å². The van der Waals surface area contributed by atoms with Gasteiger partial charge >= 0.3 is 6.09 Å². The number of amides is 1. The van der Waals surface area contributed by atoms with Crippen molar-refractivity contribution in [1.29, 1.82) is 0 Å². The van der Waals surface area contributed by atoms with Crippen molar-refractivity contribution < 1.29 is 14.4 Å². The highest BCUT2D eigenvalue weighted by atomic mass is 16.5. The molecule has 1 aromatic rings. The van der Waals surface area contributed by atoms with Gasteiger partial charge in [-0.2, -0.15) is 4.98 Å². The fourth-order valence-corrected chi connectivity index (χ4v) is 3.11. The Morgan fingerprint density at radius 3 is 2.68 bits per heavy atom. The lowest BCUT2D eigenvalue weighted by atomic mass is 9.97. The Morgan fingerprint density at radius 1 is 1.21 bits per heavy atom. The number of piperidine rings is 1. The van der Waals surface area contributed by atoms with E-state index in [4.69, 9.17) is 9.63 Å². The molecular weight excluding hydrogens is 246 g/mol. The molecule has 19 heavy (non-hydrogen) atoms. The molecule has 1 aliphatic heterocycles. The van der Waals surface area contributed by atoms with Gasteiger partial charge in [-0.05, 0) is 25.7 Å². The monoisotopic (exact) mass is 265 g/mol. The van der Waals surface area contributed by atoms with Crippen LogP contribution in [0.4, 0.5) is 4.79 Å². The molecule has 2 heterocycles. The van der Waals surface area contributed by atoms with E-state index in [1.165, 1.54) is 17.7 Å². The lowest BCUT2D eigenvalue weighted by molar-refractivity contribution is 0.129. The molecule has 1 amide bonds. The van der Waals surface area contributed by atoms with Crippen LogP contribution in [0.1, 0.15) is 62.1 Å². The van der Waals surface area contributed by atoms with Crippen molar-refractivity contribution >= 4 is 6.09 Å². The van der Waals surface area contributed by atoms with Gasteiger partial charge in [0.15, 0.2) is 5.82 Å². The van der Waals surface area contributed by atoms with E-state index in [-0.39, 0.29) is 5.92 Å². The highest BCUT2D eigenvalue weighted by molar-refractivity contribution is 5.65. The standard InChI is InChI=1S/C13H19N3O3/c17-13(18)16-7-3-6-10(8-16)11-14-12(19-15-11)9-4-1-2-5-9/h9-10H,1-8H2,(H,17,18). The summed E-state index contributed by atoms with van der Waals surface area (Å²) in [5.74, 6) is 1.94. The molecule has 0 spiro atoms. The minimum absolute atomic E-state index is 0.0868. The topological polar surface area (TPSA) is 79.5 Å². The first kappa shape index (κ1) is 12.4. The number of hydrogen-bond acceptors (Lipinski definition) is 4. The molecule has 104 valence electrons. The van der Waals surface area contributed by atoms with Crippen LogP contribution in [0.15, 0.2) is 4.52 Å². The van der Waals surface area contributed by atoms with Crippen molar-refractivity contribution in [2.45, 2.75) is 50.4 Å². The lowest BCUT2D eigenvalue weighted by Crippen LogP contribution is -2.38. The molecule has 3 rings (SSSR count). The predicted molar refractivity (Wildman–Crippen MR) is 67.1 cm³/mol. The predicted octanol–water partition coefficient (Wildman–Crippen LogP) is 2.58. The van der Waals surface area contributed by atoms with Crippen LogP contribution in [-0.4, -0.2) is 39.3 Å². The number of nitrogens with zero attached hydrogens (tertiary/aromatic N) is 3. The summed E-state index contributed by atoms with van der Waals surface area (Å²) < 4.78 is 5.37. The summed E-state index contributed by atoms with van der Waals surface area (Å²) in [7, 11) is 0. The number of aromatic nitrogens is 2. The molecule has 1 aliphatic carbocycles. The maximum Gasteiger partial charge on any atom is 0.407 e. The fourth-order valence-electron chi connectivity index (χ4n) is 3.11. The minimum Gasteiger partial charge on any atom is -0.465 e. The van der Waals surface area contributed by atoms with E-state index in [1.807, 2.05) is 0 Å². The molecule has 1 atom stereocenters. The second kappa shape index (κ2) is 5.19. The van der Waals surface area contributed by atoms with Gasteiger partial charge in [0.1, 0.15) is 0 Å².